The normalized spacial score (nSPS) is 25.9. The van der Waals surface area contributed by atoms with Gasteiger partial charge in [0.1, 0.15) is 34.8 Å². The van der Waals surface area contributed by atoms with Gasteiger partial charge in [-0.05, 0) is 72.4 Å². The SMILES string of the molecule is CC(C)n1c(O[C@@H]2C[C@H]3C(=O)N[C@]4(C(=O)NS(=O)(=O)N(C)C)C[C@H]4/C=C\CCCCC[C@H](NC(=O)OC(C)(C)C)C(=O)N3C2)nc2c(C(N)=O)cccc21. The quantitative estimate of drug-likeness (QED) is 0.287. The summed E-state index contributed by atoms with van der Waals surface area (Å²) in [5.74, 6) is -3.29. The lowest BCUT2D eigenvalue weighted by Gasteiger charge is -2.30. The van der Waals surface area contributed by atoms with Gasteiger partial charge in [0.2, 0.25) is 11.8 Å². The highest BCUT2D eigenvalue weighted by molar-refractivity contribution is 7.87. The van der Waals surface area contributed by atoms with Crippen molar-refractivity contribution in [1.29, 1.82) is 0 Å². The number of nitrogens with one attached hydrogen (secondary N) is 3. The number of primary amides is 1. The van der Waals surface area contributed by atoms with Gasteiger partial charge in [0.15, 0.2) is 0 Å². The summed E-state index contributed by atoms with van der Waals surface area (Å²) in [6.45, 7) is 8.85. The van der Waals surface area contributed by atoms with Crippen molar-refractivity contribution >= 4 is 51.0 Å². The molecule has 3 heterocycles. The highest BCUT2D eigenvalue weighted by Gasteiger charge is 2.61. The van der Waals surface area contributed by atoms with Gasteiger partial charge in [0.25, 0.3) is 17.8 Å². The predicted octanol–water partition coefficient (Wildman–Crippen LogP) is 2.28. The standard InChI is InChI=1S/C36H52N8O9S/c1-21(2)44-26-17-13-15-24(29(37)45)28(26)39-33(44)52-23-18-27-30(46)40-36(32(48)41-54(50,51)42(6)7)19-22(36)14-11-9-8-10-12-16-25(31(47)43(27)20-23)38-34(49)53-35(3,4)5/h11,13-15,17,21-23,25,27H,8-10,12,16,18-20H2,1-7H3,(H2,37,45)(H,38,49)(H,40,46)(H,41,48)/b14-11-/t22-,23-,25+,27+,36-/m1/s1. The number of aromatic nitrogens is 2. The number of imidazole rings is 1. The highest BCUT2D eigenvalue weighted by Crippen LogP contribution is 2.46. The zero-order valence-electron chi connectivity index (χ0n) is 31.9. The zero-order chi connectivity index (χ0) is 39.7. The lowest BCUT2D eigenvalue weighted by Crippen LogP contribution is -2.58. The number of amides is 5. The van der Waals surface area contributed by atoms with E-state index in [-0.39, 0.29) is 43.4 Å². The van der Waals surface area contributed by atoms with Gasteiger partial charge in [-0.15, -0.1) is 0 Å². The molecule has 0 unspecified atom stereocenters. The molecule has 2 aromatic rings. The van der Waals surface area contributed by atoms with Crippen LogP contribution in [0, 0.1) is 5.92 Å². The van der Waals surface area contributed by atoms with Crippen molar-refractivity contribution in [3.8, 4) is 6.01 Å². The smallest absolute Gasteiger partial charge is 0.408 e. The van der Waals surface area contributed by atoms with Gasteiger partial charge in [-0.2, -0.15) is 17.7 Å². The molecule has 5 amide bonds. The van der Waals surface area contributed by atoms with Gasteiger partial charge >= 0.3 is 16.3 Å². The highest BCUT2D eigenvalue weighted by atomic mass is 32.2. The van der Waals surface area contributed by atoms with Crippen molar-refractivity contribution < 1.29 is 41.9 Å². The minimum Gasteiger partial charge on any atom is -0.459 e. The average molecular weight is 773 g/mol. The van der Waals surface area contributed by atoms with Gasteiger partial charge in [0, 0.05) is 32.5 Å². The molecule has 1 saturated carbocycles. The molecule has 3 aliphatic rings. The second kappa shape index (κ2) is 15.6. The molecule has 18 heteroatoms. The Morgan fingerprint density at radius 2 is 1.85 bits per heavy atom. The second-order valence-electron chi connectivity index (χ2n) is 15.6. The lowest BCUT2D eigenvalue weighted by molar-refractivity contribution is -0.141. The van der Waals surface area contributed by atoms with Gasteiger partial charge in [0.05, 0.1) is 17.6 Å². The topological polar surface area (TPSA) is 224 Å². The molecular weight excluding hydrogens is 721 g/mol. The molecule has 296 valence electrons. The van der Waals surface area contributed by atoms with Gasteiger partial charge in [-0.3, -0.25) is 23.7 Å². The van der Waals surface area contributed by atoms with Crippen LogP contribution in [0.2, 0.25) is 0 Å². The van der Waals surface area contributed by atoms with E-state index < -0.39 is 75.2 Å². The number of hydrogen-bond acceptors (Lipinski definition) is 10. The van der Waals surface area contributed by atoms with Crippen molar-refractivity contribution in [2.75, 3.05) is 20.6 Å². The fourth-order valence-electron chi connectivity index (χ4n) is 6.94. The Morgan fingerprint density at radius 1 is 1.13 bits per heavy atom. The first kappa shape index (κ1) is 40.5. The van der Waals surface area contributed by atoms with E-state index in [0.717, 1.165) is 17.1 Å². The number of rotatable bonds is 8. The molecule has 54 heavy (non-hydrogen) atoms. The number of benzene rings is 1. The van der Waals surface area contributed by atoms with Crippen molar-refractivity contribution in [1.82, 2.24) is 34.1 Å². The molecule has 5 N–H and O–H groups in total. The maximum Gasteiger partial charge on any atom is 0.408 e. The third-order valence-electron chi connectivity index (χ3n) is 9.78. The van der Waals surface area contributed by atoms with Crippen molar-refractivity contribution in [3.05, 3.63) is 35.9 Å². The van der Waals surface area contributed by atoms with Gasteiger partial charge in [-0.1, -0.05) is 31.1 Å². The van der Waals surface area contributed by atoms with E-state index in [1.54, 1.807) is 43.5 Å². The predicted molar refractivity (Wildman–Crippen MR) is 198 cm³/mol. The molecule has 1 aliphatic carbocycles. The monoisotopic (exact) mass is 772 g/mol. The van der Waals surface area contributed by atoms with Gasteiger partial charge < -0.3 is 30.7 Å². The molecule has 0 spiro atoms. The summed E-state index contributed by atoms with van der Waals surface area (Å²) in [6, 6.07) is 2.77. The summed E-state index contributed by atoms with van der Waals surface area (Å²) in [6.07, 6.45) is 5.25. The van der Waals surface area contributed by atoms with Crippen LogP contribution in [0.25, 0.3) is 11.0 Å². The van der Waals surface area contributed by atoms with Crippen molar-refractivity contribution in [2.45, 2.75) is 115 Å². The maximum absolute atomic E-state index is 14.5. The number of hydrogen-bond donors (Lipinski definition) is 4. The van der Waals surface area contributed by atoms with Crippen LogP contribution in [0.5, 0.6) is 6.01 Å². The molecule has 5 rings (SSSR count). The van der Waals surface area contributed by atoms with Crippen LogP contribution in [0.4, 0.5) is 4.79 Å². The molecule has 2 fully saturated rings. The van der Waals surface area contributed by atoms with E-state index in [0.29, 0.717) is 23.9 Å². The summed E-state index contributed by atoms with van der Waals surface area (Å²) < 4.78 is 42.0. The first-order valence-corrected chi connectivity index (χ1v) is 19.7. The van der Waals surface area contributed by atoms with Crippen LogP contribution < -0.4 is 25.8 Å². The first-order valence-electron chi connectivity index (χ1n) is 18.2. The lowest BCUT2D eigenvalue weighted by atomic mass is 10.0. The summed E-state index contributed by atoms with van der Waals surface area (Å²) in [5, 5.41) is 5.53. The summed E-state index contributed by atoms with van der Waals surface area (Å²) in [4.78, 5) is 73.7. The van der Waals surface area contributed by atoms with Crippen LogP contribution in [-0.4, -0.2) is 107 Å². The summed E-state index contributed by atoms with van der Waals surface area (Å²) in [7, 11) is -1.64. The van der Waals surface area contributed by atoms with E-state index in [2.05, 4.69) is 20.3 Å². The second-order valence-corrected chi connectivity index (χ2v) is 17.5. The van der Waals surface area contributed by atoms with Crippen molar-refractivity contribution in [2.24, 2.45) is 11.7 Å². The van der Waals surface area contributed by atoms with Crippen LogP contribution in [-0.2, 0) is 29.3 Å². The first-order chi connectivity index (χ1) is 25.2. The molecule has 17 nitrogen and oxygen atoms in total. The molecule has 2 aliphatic heterocycles. The molecule has 1 aromatic heterocycles. The Balaban J connectivity index is 1.52. The van der Waals surface area contributed by atoms with E-state index in [1.165, 1.54) is 19.0 Å². The number of nitrogens with zero attached hydrogens (tertiary/aromatic N) is 4. The number of para-hydroxylation sites is 1. The summed E-state index contributed by atoms with van der Waals surface area (Å²) in [5.41, 5.74) is 4.37. The molecule has 0 bridgehead atoms. The van der Waals surface area contributed by atoms with E-state index in [4.69, 9.17) is 15.2 Å². The Morgan fingerprint density at radius 3 is 2.50 bits per heavy atom. The number of allylic oxidation sites excluding steroid dienone is 1. The Bertz CT molecular complexity index is 1940. The molecule has 1 saturated heterocycles. The fraction of sp³-hybridized carbons (Fsp3) is 0.611. The van der Waals surface area contributed by atoms with Crippen molar-refractivity contribution in [3.63, 3.8) is 0 Å². The molecule has 5 atom stereocenters. The third-order valence-corrected chi connectivity index (χ3v) is 11.2. The van der Waals surface area contributed by atoms with Crippen LogP contribution >= 0.6 is 0 Å². The largest absolute Gasteiger partial charge is 0.459 e. The zero-order valence-corrected chi connectivity index (χ0v) is 32.7. The van der Waals surface area contributed by atoms with Gasteiger partial charge in [-0.25, -0.2) is 9.52 Å². The fourth-order valence-corrected chi connectivity index (χ4v) is 7.54. The number of alkyl carbamates (subject to hydrolysis) is 1. The molecular formula is C36H52N8O9S. The van der Waals surface area contributed by atoms with E-state index >= 15 is 0 Å². The van der Waals surface area contributed by atoms with E-state index in [1.807, 2.05) is 26.0 Å². The third kappa shape index (κ3) is 8.80. The molecule has 0 radical (unpaired) electrons. The summed E-state index contributed by atoms with van der Waals surface area (Å²) >= 11 is 0. The van der Waals surface area contributed by atoms with Crippen LogP contribution in [0.1, 0.15) is 96.0 Å². The Labute approximate surface area is 315 Å². The number of nitrogens with two attached hydrogens (primary N) is 1. The number of fused-ring (bicyclic) bond motifs is 3. The number of ether oxygens (including phenoxy) is 2. The minimum atomic E-state index is -4.19. The Hall–Kier alpha value is -4.71. The Kier molecular flexibility index (Phi) is 11.7. The average Bonchev–Trinajstić information content (AvgIpc) is 3.38. The van der Waals surface area contributed by atoms with E-state index in [9.17, 15) is 32.4 Å². The maximum atomic E-state index is 14.5. The molecule has 1 aromatic carbocycles. The van der Waals surface area contributed by atoms with Crippen LogP contribution in [0.15, 0.2) is 30.4 Å². The number of carbonyl (C=O) groups excluding carboxylic acids is 5. The number of carbonyl (C=O) groups is 5. The minimum absolute atomic E-state index is 0.0328. The van der Waals surface area contributed by atoms with Crippen LogP contribution in [0.3, 0.4) is 0 Å².